The van der Waals surface area contributed by atoms with Crippen molar-refractivity contribution in [3.05, 3.63) is 0 Å². The molecule has 0 amide bonds. The maximum absolute atomic E-state index is 13.4. The first-order valence-electron chi connectivity index (χ1n) is 7.18. The topological polar surface area (TPSA) is 55.8 Å². The van der Waals surface area contributed by atoms with E-state index in [4.69, 9.17) is 5.11 Å². The number of alkyl halides is 15. The molecule has 0 radical (unpaired) electrons. The summed E-state index contributed by atoms with van der Waals surface area (Å²) in [5, 5.41) is 8.26. The van der Waals surface area contributed by atoms with Crippen LogP contribution >= 0.6 is 0 Å². The second kappa shape index (κ2) is 8.70. The molecule has 0 aliphatic carbocycles. The minimum absolute atomic E-state index is 0.545. The molecule has 4 nitrogen and oxygen atoms in total. The SMILES string of the molecule is O=C(OCCOCCO)C(F)(F)C(F)(F)C(F)(F)C(F)(F)C(F)(F)C(F)(F)C(F)(F)F. The summed E-state index contributed by atoms with van der Waals surface area (Å²) in [5.41, 5.74) is 0. The average molecular weight is 502 g/mol. The Morgan fingerprint density at radius 3 is 1.35 bits per heavy atom. The van der Waals surface area contributed by atoms with Gasteiger partial charge >= 0.3 is 47.7 Å². The molecule has 0 saturated carbocycles. The molecule has 0 aliphatic rings. The minimum atomic E-state index is -8.48. The highest BCUT2D eigenvalue weighted by Gasteiger charge is 2.94. The number of rotatable bonds is 11. The van der Waals surface area contributed by atoms with Crippen LogP contribution in [0.5, 0.6) is 0 Å². The van der Waals surface area contributed by atoms with Crippen molar-refractivity contribution >= 4 is 5.97 Å². The number of hydrogen-bond donors (Lipinski definition) is 1. The molecular weight excluding hydrogens is 493 g/mol. The van der Waals surface area contributed by atoms with E-state index in [0.29, 0.717) is 0 Å². The van der Waals surface area contributed by atoms with Crippen molar-refractivity contribution in [2.75, 3.05) is 26.4 Å². The zero-order chi connectivity index (χ0) is 25.3. The highest BCUT2D eigenvalue weighted by molar-refractivity contribution is 5.79. The lowest BCUT2D eigenvalue weighted by molar-refractivity contribution is -0.450. The Labute approximate surface area is 160 Å². The van der Waals surface area contributed by atoms with Gasteiger partial charge in [0.1, 0.15) is 6.61 Å². The number of esters is 1. The van der Waals surface area contributed by atoms with Crippen LogP contribution in [0.2, 0.25) is 0 Å². The Bertz CT molecular complexity index is 628. The van der Waals surface area contributed by atoms with Crippen molar-refractivity contribution in [1.29, 1.82) is 0 Å². The molecule has 0 spiro atoms. The summed E-state index contributed by atoms with van der Waals surface area (Å²) in [4.78, 5) is 10.9. The van der Waals surface area contributed by atoms with Gasteiger partial charge in [-0.1, -0.05) is 0 Å². The van der Waals surface area contributed by atoms with Gasteiger partial charge in [-0.3, -0.25) is 0 Å². The molecule has 0 aromatic carbocycles. The largest absolute Gasteiger partial charge is 0.460 e. The number of halogens is 15. The van der Waals surface area contributed by atoms with Gasteiger partial charge < -0.3 is 14.6 Å². The first-order valence-corrected chi connectivity index (χ1v) is 7.18. The molecular formula is C12H9F15O4. The molecule has 0 saturated heterocycles. The predicted octanol–water partition coefficient (Wildman–Crippen LogP) is 3.91. The van der Waals surface area contributed by atoms with Crippen molar-refractivity contribution in [3.63, 3.8) is 0 Å². The Hall–Kier alpha value is -1.66. The van der Waals surface area contributed by atoms with Gasteiger partial charge in [-0.2, -0.15) is 65.9 Å². The van der Waals surface area contributed by atoms with E-state index in [9.17, 15) is 70.7 Å². The van der Waals surface area contributed by atoms with Gasteiger partial charge in [0.15, 0.2) is 0 Å². The van der Waals surface area contributed by atoms with Crippen LogP contribution in [-0.4, -0.2) is 79.2 Å². The van der Waals surface area contributed by atoms with E-state index >= 15 is 0 Å². The summed E-state index contributed by atoms with van der Waals surface area (Å²) in [7, 11) is 0. The average Bonchev–Trinajstić information content (AvgIpc) is 2.59. The monoisotopic (exact) mass is 502 g/mol. The third-order valence-electron chi connectivity index (χ3n) is 3.28. The van der Waals surface area contributed by atoms with Gasteiger partial charge in [0.25, 0.3) is 0 Å². The molecule has 0 rings (SSSR count). The molecule has 19 heteroatoms. The summed E-state index contributed by atoms with van der Waals surface area (Å²) in [6.07, 6.45) is -7.71. The first-order chi connectivity index (χ1) is 13.5. The Balaban J connectivity index is 6.06. The number of hydrogen-bond acceptors (Lipinski definition) is 4. The summed E-state index contributed by atoms with van der Waals surface area (Å²) in [6, 6.07) is 0. The Morgan fingerprint density at radius 2 is 0.968 bits per heavy atom. The molecule has 0 aromatic heterocycles. The Kier molecular flexibility index (Phi) is 8.24. The number of aliphatic hydroxyl groups is 1. The minimum Gasteiger partial charge on any atom is -0.459 e. The van der Waals surface area contributed by atoms with Crippen molar-refractivity contribution in [2.24, 2.45) is 0 Å². The normalized spacial score (nSPS) is 15.2. The van der Waals surface area contributed by atoms with Gasteiger partial charge in [0.05, 0.1) is 19.8 Å². The first kappa shape index (κ1) is 29.3. The second-order valence-electron chi connectivity index (χ2n) is 5.42. The number of ether oxygens (including phenoxy) is 2. The van der Waals surface area contributed by atoms with Gasteiger partial charge in [-0.05, 0) is 0 Å². The van der Waals surface area contributed by atoms with E-state index in [1.807, 2.05) is 0 Å². The third kappa shape index (κ3) is 4.61. The molecule has 0 heterocycles. The zero-order valence-electron chi connectivity index (χ0n) is 14.2. The molecule has 0 aromatic rings. The molecule has 0 fully saturated rings. The number of carbonyl (C=O) groups excluding carboxylic acids is 1. The standard InChI is InChI=1S/C12H9F15O4/c13-6(14,5(29)31-4-3-30-2-1-28)7(15,16)8(17,18)9(19,20)10(21,22)11(23,24)12(25,26)27/h28H,1-4H2. The summed E-state index contributed by atoms with van der Waals surface area (Å²) < 4.78 is 201. The van der Waals surface area contributed by atoms with Gasteiger partial charge in [-0.15, -0.1) is 0 Å². The number of carbonyl (C=O) groups is 1. The molecule has 0 atom stereocenters. The molecule has 1 N–H and O–H groups in total. The van der Waals surface area contributed by atoms with Gasteiger partial charge in [0, 0.05) is 0 Å². The maximum atomic E-state index is 13.4. The maximum Gasteiger partial charge on any atom is 0.460 e. The number of aliphatic hydroxyl groups excluding tert-OH is 1. The van der Waals surface area contributed by atoms with E-state index in [0.717, 1.165) is 0 Å². The van der Waals surface area contributed by atoms with Crippen molar-refractivity contribution in [1.82, 2.24) is 0 Å². The quantitative estimate of drug-likeness (QED) is 0.265. The summed E-state index contributed by atoms with van der Waals surface area (Å²) in [6.45, 7) is -3.66. The van der Waals surface area contributed by atoms with Crippen LogP contribution in [0.3, 0.4) is 0 Å². The van der Waals surface area contributed by atoms with Crippen LogP contribution in [0, 0.1) is 0 Å². The van der Waals surface area contributed by atoms with Crippen LogP contribution in [0.15, 0.2) is 0 Å². The smallest absolute Gasteiger partial charge is 0.459 e. The third-order valence-corrected chi connectivity index (χ3v) is 3.28. The zero-order valence-corrected chi connectivity index (χ0v) is 14.2. The summed E-state index contributed by atoms with van der Waals surface area (Å²) >= 11 is 0. The van der Waals surface area contributed by atoms with E-state index in [1.165, 1.54) is 0 Å². The second-order valence-corrected chi connectivity index (χ2v) is 5.42. The fourth-order valence-corrected chi connectivity index (χ4v) is 1.55. The van der Waals surface area contributed by atoms with E-state index < -0.39 is 74.1 Å². The molecule has 0 unspecified atom stereocenters. The predicted molar refractivity (Wildman–Crippen MR) is 64.6 cm³/mol. The van der Waals surface area contributed by atoms with E-state index in [2.05, 4.69) is 9.47 Å². The molecule has 0 aliphatic heterocycles. The van der Waals surface area contributed by atoms with Crippen LogP contribution in [0.4, 0.5) is 65.9 Å². The van der Waals surface area contributed by atoms with Crippen LogP contribution < -0.4 is 0 Å². The Morgan fingerprint density at radius 1 is 0.581 bits per heavy atom. The fraction of sp³-hybridized carbons (Fsp3) is 0.917. The highest BCUT2D eigenvalue weighted by Crippen LogP contribution is 2.62. The van der Waals surface area contributed by atoms with Gasteiger partial charge in [0.2, 0.25) is 0 Å². The van der Waals surface area contributed by atoms with E-state index in [-0.39, 0.29) is 0 Å². The van der Waals surface area contributed by atoms with Crippen molar-refractivity contribution < 1.29 is 85.2 Å². The lowest BCUT2D eigenvalue weighted by Crippen LogP contribution is -2.73. The molecule has 186 valence electrons. The van der Waals surface area contributed by atoms with Crippen LogP contribution in [-0.2, 0) is 14.3 Å². The van der Waals surface area contributed by atoms with E-state index in [1.54, 1.807) is 0 Å². The summed E-state index contributed by atoms with van der Waals surface area (Å²) in [5.74, 6) is -52.2. The van der Waals surface area contributed by atoms with Crippen LogP contribution in [0.1, 0.15) is 0 Å². The van der Waals surface area contributed by atoms with Crippen LogP contribution in [0.25, 0.3) is 0 Å². The van der Waals surface area contributed by atoms with Gasteiger partial charge in [-0.25, -0.2) is 4.79 Å². The molecule has 0 bridgehead atoms. The molecule has 31 heavy (non-hydrogen) atoms. The van der Waals surface area contributed by atoms with Crippen molar-refractivity contribution in [2.45, 2.75) is 41.7 Å². The fourth-order valence-electron chi connectivity index (χ4n) is 1.55. The lowest BCUT2D eigenvalue weighted by Gasteiger charge is -2.40. The lowest BCUT2D eigenvalue weighted by atomic mass is 9.91. The highest BCUT2D eigenvalue weighted by atomic mass is 19.4. The van der Waals surface area contributed by atoms with Crippen molar-refractivity contribution in [3.8, 4) is 0 Å².